The van der Waals surface area contributed by atoms with Gasteiger partial charge in [0.2, 0.25) is 0 Å². The molecule has 25 heavy (non-hydrogen) atoms. The molecule has 5 heteroatoms. The molecule has 0 bridgehead atoms. The van der Waals surface area contributed by atoms with Crippen molar-refractivity contribution in [1.82, 2.24) is 10.2 Å². The fraction of sp³-hybridized carbons (Fsp3) is 0.550. The van der Waals surface area contributed by atoms with Crippen molar-refractivity contribution in [2.75, 3.05) is 6.54 Å². The van der Waals surface area contributed by atoms with Crippen LogP contribution in [0.15, 0.2) is 24.3 Å². The molecule has 1 aliphatic heterocycles. The van der Waals surface area contributed by atoms with Crippen LogP contribution in [-0.2, 0) is 9.59 Å². The average molecular weight is 342 g/mol. The summed E-state index contributed by atoms with van der Waals surface area (Å²) in [5.74, 6) is -1.18. The maximum Gasteiger partial charge on any atom is 0.312 e. The molecule has 0 aromatic heterocycles. The van der Waals surface area contributed by atoms with E-state index in [1.165, 1.54) is 11.3 Å². The molecular formula is C20H26N2O3. The van der Waals surface area contributed by atoms with Crippen molar-refractivity contribution in [1.29, 1.82) is 0 Å². The highest BCUT2D eigenvalue weighted by atomic mass is 16.2. The second kappa shape index (κ2) is 7.81. The number of hydrogen-bond acceptors (Lipinski definition) is 3. The highest BCUT2D eigenvalue weighted by Crippen LogP contribution is 2.23. The Morgan fingerprint density at radius 1 is 1.00 bits per heavy atom. The van der Waals surface area contributed by atoms with Crippen LogP contribution in [0, 0.1) is 6.92 Å². The molecule has 5 nitrogen and oxygen atoms in total. The number of nitrogens with zero attached hydrogens (tertiary/aromatic N) is 1. The lowest BCUT2D eigenvalue weighted by Gasteiger charge is -2.26. The van der Waals surface area contributed by atoms with Gasteiger partial charge in [0.25, 0.3) is 0 Å². The van der Waals surface area contributed by atoms with E-state index in [1.807, 2.05) is 25.1 Å². The number of benzene rings is 1. The Hall–Kier alpha value is -2.17. The Morgan fingerprint density at radius 3 is 2.44 bits per heavy atom. The lowest BCUT2D eigenvalue weighted by molar-refractivity contribution is -0.146. The summed E-state index contributed by atoms with van der Waals surface area (Å²) in [6, 6.07) is 6.98. The highest BCUT2D eigenvalue weighted by Gasteiger charge is 2.37. The van der Waals surface area contributed by atoms with Gasteiger partial charge in [-0.1, -0.05) is 43.5 Å². The number of aryl methyl sites for hydroxylation is 1. The highest BCUT2D eigenvalue weighted by molar-refractivity contribution is 6.35. The molecule has 2 aliphatic rings. The van der Waals surface area contributed by atoms with Gasteiger partial charge in [0.15, 0.2) is 5.78 Å². The van der Waals surface area contributed by atoms with Gasteiger partial charge < -0.3 is 10.2 Å². The maximum atomic E-state index is 12.9. The average Bonchev–Trinajstić information content (AvgIpc) is 3.11. The number of rotatable bonds is 3. The fourth-order valence-electron chi connectivity index (χ4n) is 3.94. The summed E-state index contributed by atoms with van der Waals surface area (Å²) in [6.45, 7) is 2.36. The maximum absolute atomic E-state index is 12.9. The summed E-state index contributed by atoms with van der Waals surface area (Å²) in [4.78, 5) is 39.3. The quantitative estimate of drug-likeness (QED) is 0.678. The molecule has 3 rings (SSSR count). The van der Waals surface area contributed by atoms with Gasteiger partial charge >= 0.3 is 11.8 Å². The van der Waals surface area contributed by atoms with Gasteiger partial charge in [-0.05, 0) is 38.2 Å². The number of hydrogen-bond donors (Lipinski definition) is 1. The molecule has 1 N–H and O–H groups in total. The zero-order valence-corrected chi connectivity index (χ0v) is 14.8. The zero-order chi connectivity index (χ0) is 17.8. The van der Waals surface area contributed by atoms with Crippen LogP contribution in [0.4, 0.5) is 0 Å². The second-order valence-electron chi connectivity index (χ2n) is 7.14. The first-order valence-electron chi connectivity index (χ1n) is 9.29. The Bertz CT molecular complexity index is 665. The molecule has 1 heterocycles. The van der Waals surface area contributed by atoms with Crippen molar-refractivity contribution in [3.8, 4) is 0 Å². The standard InChI is InChI=1S/C20H26N2O3/c1-14-8-5-6-11-16(14)18(23)17-12-7-13-22(17)20(25)19(24)21-15-9-3-2-4-10-15/h5-6,8,11,15,17H,2-4,7,9-10,12-13H2,1H3,(H,21,24). The third kappa shape index (κ3) is 3.91. The first-order valence-corrected chi connectivity index (χ1v) is 9.29. The van der Waals surface area contributed by atoms with E-state index in [0.717, 1.165) is 37.7 Å². The molecule has 0 spiro atoms. The Morgan fingerprint density at radius 2 is 1.72 bits per heavy atom. The van der Waals surface area contributed by atoms with Crippen molar-refractivity contribution in [3.63, 3.8) is 0 Å². The van der Waals surface area contributed by atoms with Gasteiger partial charge in [0.05, 0.1) is 6.04 Å². The normalized spacial score (nSPS) is 21.2. The minimum atomic E-state index is -0.560. The summed E-state index contributed by atoms with van der Waals surface area (Å²) in [5.41, 5.74) is 1.54. The minimum Gasteiger partial charge on any atom is -0.345 e. The van der Waals surface area contributed by atoms with Gasteiger partial charge in [-0.3, -0.25) is 14.4 Å². The predicted molar refractivity (Wildman–Crippen MR) is 95.3 cm³/mol. The first-order chi connectivity index (χ1) is 12.1. The number of nitrogens with one attached hydrogen (secondary N) is 1. The van der Waals surface area contributed by atoms with Crippen LogP contribution in [0.3, 0.4) is 0 Å². The molecule has 134 valence electrons. The van der Waals surface area contributed by atoms with Crippen molar-refractivity contribution >= 4 is 17.6 Å². The topological polar surface area (TPSA) is 66.5 Å². The fourth-order valence-corrected chi connectivity index (χ4v) is 3.94. The molecule has 0 radical (unpaired) electrons. The number of likely N-dealkylation sites (tertiary alicyclic amines) is 1. The molecule has 1 atom stereocenters. The summed E-state index contributed by atoms with van der Waals surface area (Å²) in [5, 5.41) is 2.86. The zero-order valence-electron chi connectivity index (χ0n) is 14.8. The Balaban J connectivity index is 1.68. The van der Waals surface area contributed by atoms with Crippen molar-refractivity contribution in [2.45, 2.75) is 64.0 Å². The molecular weight excluding hydrogens is 316 g/mol. The lowest BCUT2D eigenvalue weighted by Crippen LogP contribution is -2.50. The number of amides is 2. The number of ketones is 1. The molecule has 1 aromatic rings. The third-order valence-electron chi connectivity index (χ3n) is 5.36. The Labute approximate surface area is 148 Å². The number of Topliss-reactive ketones (excluding diaryl/α,β-unsaturated/α-hetero) is 1. The molecule has 2 amide bonds. The summed E-state index contributed by atoms with van der Waals surface area (Å²) >= 11 is 0. The van der Waals surface area contributed by atoms with E-state index >= 15 is 0 Å². The van der Waals surface area contributed by atoms with E-state index in [9.17, 15) is 14.4 Å². The van der Waals surface area contributed by atoms with Crippen LogP contribution in [0.1, 0.15) is 60.9 Å². The lowest BCUT2D eigenvalue weighted by atomic mass is 9.95. The first kappa shape index (κ1) is 17.6. The van der Waals surface area contributed by atoms with Gasteiger partial charge in [-0.25, -0.2) is 0 Å². The van der Waals surface area contributed by atoms with E-state index < -0.39 is 17.9 Å². The van der Waals surface area contributed by atoms with Crippen LogP contribution >= 0.6 is 0 Å². The van der Waals surface area contributed by atoms with Gasteiger partial charge in [-0.2, -0.15) is 0 Å². The van der Waals surface area contributed by atoms with Crippen LogP contribution in [0.25, 0.3) is 0 Å². The van der Waals surface area contributed by atoms with Crippen LogP contribution in [0.2, 0.25) is 0 Å². The molecule has 2 fully saturated rings. The monoisotopic (exact) mass is 342 g/mol. The van der Waals surface area contributed by atoms with Crippen LogP contribution < -0.4 is 5.32 Å². The van der Waals surface area contributed by atoms with Crippen LogP contribution in [-0.4, -0.2) is 41.1 Å². The largest absolute Gasteiger partial charge is 0.345 e. The summed E-state index contributed by atoms with van der Waals surface area (Å²) in [7, 11) is 0. The summed E-state index contributed by atoms with van der Waals surface area (Å²) in [6.07, 6.45) is 6.63. The van der Waals surface area contributed by atoms with E-state index in [-0.39, 0.29) is 11.8 Å². The van der Waals surface area contributed by atoms with E-state index in [0.29, 0.717) is 18.5 Å². The van der Waals surface area contributed by atoms with Crippen molar-refractivity contribution in [2.24, 2.45) is 0 Å². The van der Waals surface area contributed by atoms with Crippen LogP contribution in [0.5, 0.6) is 0 Å². The third-order valence-corrected chi connectivity index (χ3v) is 5.36. The molecule has 1 unspecified atom stereocenters. The molecule has 1 aromatic carbocycles. The van der Waals surface area contributed by atoms with Gasteiger partial charge in [0, 0.05) is 18.2 Å². The van der Waals surface area contributed by atoms with Gasteiger partial charge in [-0.15, -0.1) is 0 Å². The van der Waals surface area contributed by atoms with Crippen molar-refractivity contribution < 1.29 is 14.4 Å². The SMILES string of the molecule is Cc1ccccc1C(=O)C1CCCN1C(=O)C(=O)NC1CCCCC1. The van der Waals surface area contributed by atoms with E-state index in [2.05, 4.69) is 5.32 Å². The smallest absolute Gasteiger partial charge is 0.312 e. The second-order valence-corrected chi connectivity index (χ2v) is 7.14. The predicted octanol–water partition coefficient (Wildman–Crippen LogP) is 2.62. The van der Waals surface area contributed by atoms with Crippen molar-refractivity contribution in [3.05, 3.63) is 35.4 Å². The molecule has 1 aliphatic carbocycles. The number of carbonyl (C=O) groups is 3. The molecule has 1 saturated heterocycles. The summed E-state index contributed by atoms with van der Waals surface area (Å²) < 4.78 is 0. The molecule has 1 saturated carbocycles. The van der Waals surface area contributed by atoms with E-state index in [1.54, 1.807) is 6.07 Å². The van der Waals surface area contributed by atoms with Gasteiger partial charge in [0.1, 0.15) is 0 Å². The minimum absolute atomic E-state index is 0.0607. The Kier molecular flexibility index (Phi) is 5.51. The van der Waals surface area contributed by atoms with E-state index in [4.69, 9.17) is 0 Å². The number of carbonyl (C=O) groups excluding carboxylic acids is 3.